The minimum atomic E-state index is -3.37. The van der Waals surface area contributed by atoms with Crippen LogP contribution >= 0.6 is 0 Å². The zero-order valence-corrected chi connectivity index (χ0v) is 16.6. The molecule has 1 fully saturated rings. The number of aromatic nitrogens is 4. The molecule has 2 aromatic carbocycles. The van der Waals surface area contributed by atoms with E-state index in [-0.39, 0.29) is 18.1 Å². The van der Waals surface area contributed by atoms with Gasteiger partial charge in [0.2, 0.25) is 10.0 Å². The van der Waals surface area contributed by atoms with Crippen LogP contribution in [0.2, 0.25) is 0 Å². The Kier molecular flexibility index (Phi) is 5.56. The quantitative estimate of drug-likeness (QED) is 0.584. The van der Waals surface area contributed by atoms with E-state index in [0.29, 0.717) is 31.9 Å². The van der Waals surface area contributed by atoms with E-state index in [4.69, 9.17) is 0 Å². The molecule has 0 saturated carbocycles. The third-order valence-electron chi connectivity index (χ3n) is 4.89. The van der Waals surface area contributed by atoms with Gasteiger partial charge in [-0.05, 0) is 28.1 Å². The number of nitrogens with zero attached hydrogens (tertiary/aromatic N) is 6. The Morgan fingerprint density at radius 2 is 1.45 bits per heavy atom. The molecule has 1 aromatic heterocycles. The van der Waals surface area contributed by atoms with Crippen molar-refractivity contribution in [2.75, 3.05) is 26.2 Å². The fraction of sp³-hybridized carbons (Fsp3) is 0.316. The van der Waals surface area contributed by atoms with Gasteiger partial charge in [0.1, 0.15) is 6.67 Å². The van der Waals surface area contributed by atoms with Crippen LogP contribution in [0, 0.1) is 0 Å². The second-order valence-corrected chi connectivity index (χ2v) is 8.88. The van der Waals surface area contributed by atoms with Gasteiger partial charge < -0.3 is 0 Å². The molecule has 0 radical (unpaired) electrons. The maximum absolute atomic E-state index is 12.7. The summed E-state index contributed by atoms with van der Waals surface area (Å²) in [6, 6.07) is 18.3. The molecular formula is C19H22N6O3S. The van der Waals surface area contributed by atoms with E-state index in [2.05, 4.69) is 10.4 Å². The molecule has 0 bridgehead atoms. The third kappa shape index (κ3) is 4.44. The Morgan fingerprint density at radius 1 is 0.828 bits per heavy atom. The average molecular weight is 414 g/mol. The lowest BCUT2D eigenvalue weighted by Gasteiger charge is -2.33. The number of para-hydroxylation sites is 1. The van der Waals surface area contributed by atoms with Crippen LogP contribution in [0.15, 0.2) is 65.5 Å². The van der Waals surface area contributed by atoms with Crippen molar-refractivity contribution in [2.24, 2.45) is 0 Å². The molecule has 9 nitrogen and oxygen atoms in total. The Balaban J connectivity index is 1.37. The van der Waals surface area contributed by atoms with Gasteiger partial charge in [-0.25, -0.2) is 13.2 Å². The highest BCUT2D eigenvalue weighted by Gasteiger charge is 2.27. The summed E-state index contributed by atoms with van der Waals surface area (Å²) in [6.45, 7) is 2.10. The largest absolute Gasteiger partial charge is 0.369 e. The zero-order valence-electron chi connectivity index (χ0n) is 15.8. The first-order valence-corrected chi connectivity index (χ1v) is 11.0. The third-order valence-corrected chi connectivity index (χ3v) is 6.74. The van der Waals surface area contributed by atoms with Crippen LogP contribution in [-0.4, -0.2) is 63.6 Å². The van der Waals surface area contributed by atoms with Gasteiger partial charge in [-0.3, -0.25) is 4.90 Å². The van der Waals surface area contributed by atoms with Crippen molar-refractivity contribution in [3.63, 3.8) is 0 Å². The standard InChI is InChI=1S/C19H22N6O3S/c26-19-24(20-21-25(19)18-9-5-2-6-10-18)16-22-11-13-23(14-12-22)29(27,28)15-17-7-3-1-4-8-17/h1-10H,11-16H2. The monoisotopic (exact) mass is 414 g/mol. The smallest absolute Gasteiger partial charge is 0.282 e. The van der Waals surface area contributed by atoms with E-state index in [1.165, 1.54) is 13.7 Å². The molecule has 0 N–H and O–H groups in total. The highest BCUT2D eigenvalue weighted by molar-refractivity contribution is 7.88. The SMILES string of the molecule is O=c1n(CN2CCN(S(=O)(=O)Cc3ccccc3)CC2)nnn1-c1ccccc1. The lowest BCUT2D eigenvalue weighted by molar-refractivity contribution is 0.142. The predicted molar refractivity (Wildman–Crippen MR) is 108 cm³/mol. The molecule has 3 aromatic rings. The first-order chi connectivity index (χ1) is 14.0. The lowest BCUT2D eigenvalue weighted by atomic mass is 10.2. The number of tetrazole rings is 1. The van der Waals surface area contributed by atoms with Crippen LogP contribution in [0.3, 0.4) is 0 Å². The van der Waals surface area contributed by atoms with Gasteiger partial charge in [0, 0.05) is 26.2 Å². The van der Waals surface area contributed by atoms with Crippen molar-refractivity contribution in [1.29, 1.82) is 0 Å². The molecule has 1 aliphatic heterocycles. The molecule has 4 rings (SSSR count). The fourth-order valence-corrected chi connectivity index (χ4v) is 4.82. The summed E-state index contributed by atoms with van der Waals surface area (Å²) in [5, 5.41) is 7.89. The van der Waals surface area contributed by atoms with Gasteiger partial charge in [0.15, 0.2) is 0 Å². The molecule has 152 valence electrons. The summed E-state index contributed by atoms with van der Waals surface area (Å²) in [7, 11) is -3.37. The van der Waals surface area contributed by atoms with Crippen LogP contribution in [0.4, 0.5) is 0 Å². The van der Waals surface area contributed by atoms with E-state index in [0.717, 1.165) is 5.56 Å². The summed E-state index contributed by atoms with van der Waals surface area (Å²) >= 11 is 0. The molecule has 29 heavy (non-hydrogen) atoms. The van der Waals surface area contributed by atoms with Gasteiger partial charge in [-0.1, -0.05) is 48.5 Å². The highest BCUT2D eigenvalue weighted by Crippen LogP contribution is 2.13. The number of piperazine rings is 1. The van der Waals surface area contributed by atoms with Gasteiger partial charge in [0.25, 0.3) is 0 Å². The van der Waals surface area contributed by atoms with Crippen molar-refractivity contribution in [1.82, 2.24) is 29.0 Å². The fourth-order valence-electron chi connectivity index (χ4n) is 3.31. The molecule has 10 heteroatoms. The van der Waals surface area contributed by atoms with E-state index < -0.39 is 10.0 Å². The second kappa shape index (κ2) is 8.27. The average Bonchev–Trinajstić information content (AvgIpc) is 3.10. The molecule has 0 unspecified atom stereocenters. The van der Waals surface area contributed by atoms with E-state index in [1.807, 2.05) is 53.4 Å². The summed E-state index contributed by atoms with van der Waals surface area (Å²) in [5.41, 5.74) is 1.11. The van der Waals surface area contributed by atoms with Gasteiger partial charge in [-0.2, -0.15) is 13.7 Å². The topological polar surface area (TPSA) is 93.3 Å². The predicted octanol–water partition coefficient (Wildman–Crippen LogP) is 0.534. The molecule has 2 heterocycles. The van der Waals surface area contributed by atoms with Crippen LogP contribution in [0.1, 0.15) is 5.56 Å². The number of benzene rings is 2. The number of hydrogen-bond donors (Lipinski definition) is 0. The first kappa shape index (κ1) is 19.5. The summed E-state index contributed by atoms with van der Waals surface area (Å²) in [4.78, 5) is 14.5. The molecule has 0 spiro atoms. The minimum Gasteiger partial charge on any atom is -0.282 e. The number of rotatable bonds is 6. The van der Waals surface area contributed by atoms with Crippen molar-refractivity contribution in [3.05, 3.63) is 76.7 Å². The van der Waals surface area contributed by atoms with Crippen molar-refractivity contribution < 1.29 is 8.42 Å². The number of hydrogen-bond acceptors (Lipinski definition) is 6. The summed E-state index contributed by atoms with van der Waals surface area (Å²) in [6.07, 6.45) is 0. The van der Waals surface area contributed by atoms with Crippen LogP contribution in [-0.2, 0) is 22.4 Å². The molecule has 0 aliphatic carbocycles. The Hall–Kier alpha value is -2.82. The van der Waals surface area contributed by atoms with Crippen LogP contribution < -0.4 is 5.69 Å². The summed E-state index contributed by atoms with van der Waals surface area (Å²) < 4.78 is 29.4. The normalized spacial score (nSPS) is 16.1. The number of sulfonamides is 1. The van der Waals surface area contributed by atoms with Gasteiger partial charge in [0.05, 0.1) is 11.4 Å². The van der Waals surface area contributed by atoms with Crippen molar-refractivity contribution in [3.8, 4) is 5.69 Å². The molecule has 0 amide bonds. The molecular weight excluding hydrogens is 392 g/mol. The van der Waals surface area contributed by atoms with E-state index in [9.17, 15) is 13.2 Å². The second-order valence-electron chi connectivity index (χ2n) is 6.91. The maximum Gasteiger partial charge on any atom is 0.369 e. The van der Waals surface area contributed by atoms with Gasteiger partial charge in [-0.15, -0.1) is 0 Å². The summed E-state index contributed by atoms with van der Waals surface area (Å²) in [5.74, 6) is -0.00129. The highest BCUT2D eigenvalue weighted by atomic mass is 32.2. The van der Waals surface area contributed by atoms with E-state index in [1.54, 1.807) is 12.1 Å². The van der Waals surface area contributed by atoms with Crippen LogP contribution in [0.5, 0.6) is 0 Å². The molecule has 0 atom stereocenters. The first-order valence-electron chi connectivity index (χ1n) is 9.35. The van der Waals surface area contributed by atoms with E-state index >= 15 is 0 Å². The molecule has 1 aliphatic rings. The Labute approximate surface area is 168 Å². The maximum atomic E-state index is 12.7. The minimum absolute atomic E-state index is 0.00129. The lowest BCUT2D eigenvalue weighted by Crippen LogP contribution is -2.50. The van der Waals surface area contributed by atoms with Gasteiger partial charge >= 0.3 is 5.69 Å². The van der Waals surface area contributed by atoms with Crippen molar-refractivity contribution >= 4 is 10.0 Å². The molecule has 1 saturated heterocycles. The Bertz CT molecular complexity index is 1100. The van der Waals surface area contributed by atoms with Crippen molar-refractivity contribution in [2.45, 2.75) is 12.4 Å². The van der Waals surface area contributed by atoms with Crippen LogP contribution in [0.25, 0.3) is 5.69 Å². The zero-order chi connectivity index (χ0) is 20.3. The Morgan fingerprint density at radius 3 is 2.10 bits per heavy atom.